The van der Waals surface area contributed by atoms with Gasteiger partial charge in [0.2, 0.25) is 0 Å². The van der Waals surface area contributed by atoms with Gasteiger partial charge in [-0.25, -0.2) is 0 Å². The molecule has 1 aromatic rings. The first-order valence-corrected chi connectivity index (χ1v) is 6.26. The highest BCUT2D eigenvalue weighted by Gasteiger charge is 2.44. The molecule has 98 valence electrons. The monoisotopic (exact) mass is 269 g/mol. The van der Waals surface area contributed by atoms with Crippen molar-refractivity contribution in [3.63, 3.8) is 0 Å². The Morgan fingerprint density at radius 1 is 1.56 bits per heavy atom. The van der Waals surface area contributed by atoms with E-state index in [2.05, 4.69) is 5.32 Å². The summed E-state index contributed by atoms with van der Waals surface area (Å²) in [7, 11) is 1.57. The summed E-state index contributed by atoms with van der Waals surface area (Å²) in [6.07, 6.45) is 2.41. The predicted molar refractivity (Wildman–Crippen MR) is 70.4 cm³/mol. The Morgan fingerprint density at radius 2 is 2.28 bits per heavy atom. The molecular formula is C13H16ClNO3. The van der Waals surface area contributed by atoms with Gasteiger partial charge in [-0.1, -0.05) is 18.0 Å². The second-order valence-corrected chi connectivity index (χ2v) is 5.07. The summed E-state index contributed by atoms with van der Waals surface area (Å²) in [4.78, 5) is 11.2. The van der Waals surface area contributed by atoms with Crippen LogP contribution >= 0.6 is 11.6 Å². The molecule has 5 heteroatoms. The molecule has 0 radical (unpaired) electrons. The summed E-state index contributed by atoms with van der Waals surface area (Å²) in [6.45, 7) is 0.402. The summed E-state index contributed by atoms with van der Waals surface area (Å²) >= 11 is 5.92. The van der Waals surface area contributed by atoms with Gasteiger partial charge in [-0.3, -0.25) is 4.79 Å². The molecule has 2 rings (SSSR count). The largest absolute Gasteiger partial charge is 0.495 e. The molecule has 0 amide bonds. The lowest BCUT2D eigenvalue weighted by Crippen LogP contribution is -2.43. The van der Waals surface area contributed by atoms with Crippen LogP contribution in [0.25, 0.3) is 0 Å². The Labute approximate surface area is 111 Å². The number of hydrogen-bond donors (Lipinski definition) is 2. The van der Waals surface area contributed by atoms with Gasteiger partial charge in [-0.15, -0.1) is 0 Å². The lowest BCUT2D eigenvalue weighted by Gasteiger charge is -2.38. The van der Waals surface area contributed by atoms with Crippen molar-refractivity contribution >= 4 is 23.3 Å². The summed E-state index contributed by atoms with van der Waals surface area (Å²) < 4.78 is 5.21. The van der Waals surface area contributed by atoms with Crippen LogP contribution in [0, 0.1) is 5.41 Å². The first kappa shape index (κ1) is 13.0. The van der Waals surface area contributed by atoms with E-state index in [4.69, 9.17) is 16.3 Å². The topological polar surface area (TPSA) is 58.6 Å². The van der Waals surface area contributed by atoms with Crippen molar-refractivity contribution in [3.05, 3.63) is 23.2 Å². The van der Waals surface area contributed by atoms with Gasteiger partial charge in [0.15, 0.2) is 0 Å². The number of ether oxygens (including phenoxy) is 1. The lowest BCUT2D eigenvalue weighted by molar-refractivity contribution is -0.153. The molecular weight excluding hydrogens is 254 g/mol. The summed E-state index contributed by atoms with van der Waals surface area (Å²) in [5.74, 6) is -0.0680. The number of aliphatic carboxylic acids is 1. The fourth-order valence-corrected chi connectivity index (χ4v) is 2.32. The molecule has 1 saturated carbocycles. The van der Waals surface area contributed by atoms with Crippen molar-refractivity contribution in [2.75, 3.05) is 19.0 Å². The molecule has 0 unspecified atom stereocenters. The fraction of sp³-hybridized carbons (Fsp3) is 0.462. The van der Waals surface area contributed by atoms with Crippen LogP contribution in [0.1, 0.15) is 19.3 Å². The molecule has 0 aromatic heterocycles. The van der Waals surface area contributed by atoms with Crippen LogP contribution in [0.15, 0.2) is 18.2 Å². The molecule has 2 N–H and O–H groups in total. The third-order valence-electron chi connectivity index (χ3n) is 3.54. The van der Waals surface area contributed by atoms with Crippen LogP contribution in [0.3, 0.4) is 0 Å². The maximum Gasteiger partial charge on any atom is 0.311 e. The summed E-state index contributed by atoms with van der Waals surface area (Å²) in [5.41, 5.74) is 0.102. The Kier molecular flexibility index (Phi) is 3.66. The average Bonchev–Trinajstić information content (AvgIpc) is 2.27. The van der Waals surface area contributed by atoms with Crippen molar-refractivity contribution < 1.29 is 14.6 Å². The molecule has 0 aliphatic heterocycles. The van der Waals surface area contributed by atoms with Gasteiger partial charge >= 0.3 is 5.97 Å². The number of hydrogen-bond acceptors (Lipinski definition) is 3. The zero-order valence-electron chi connectivity index (χ0n) is 10.2. The van der Waals surface area contributed by atoms with E-state index in [1.54, 1.807) is 25.3 Å². The first-order chi connectivity index (χ1) is 8.57. The molecule has 18 heavy (non-hydrogen) atoms. The van der Waals surface area contributed by atoms with Crippen LogP contribution in [0.4, 0.5) is 5.69 Å². The number of carboxylic acids is 1. The number of carboxylic acid groups (broad SMARTS) is 1. The van der Waals surface area contributed by atoms with E-state index in [1.165, 1.54) is 0 Å². The molecule has 1 aliphatic carbocycles. The number of rotatable bonds is 5. The molecule has 0 saturated heterocycles. The minimum Gasteiger partial charge on any atom is -0.495 e. The number of benzene rings is 1. The van der Waals surface area contributed by atoms with Gasteiger partial charge in [0.25, 0.3) is 0 Å². The van der Waals surface area contributed by atoms with Crippen LogP contribution in [0.5, 0.6) is 5.75 Å². The minimum atomic E-state index is -0.734. The van der Waals surface area contributed by atoms with Crippen LogP contribution < -0.4 is 10.1 Å². The number of halogens is 1. The Balaban J connectivity index is 2.10. The fourth-order valence-electron chi connectivity index (χ4n) is 2.15. The Morgan fingerprint density at radius 3 is 2.78 bits per heavy atom. The number of nitrogens with one attached hydrogen (secondary N) is 1. The van der Waals surface area contributed by atoms with Crippen LogP contribution in [0.2, 0.25) is 5.02 Å². The van der Waals surface area contributed by atoms with Crippen molar-refractivity contribution in [2.45, 2.75) is 19.3 Å². The van der Waals surface area contributed by atoms with Gasteiger partial charge in [0.05, 0.1) is 18.2 Å². The molecule has 4 nitrogen and oxygen atoms in total. The second-order valence-electron chi connectivity index (χ2n) is 4.64. The smallest absolute Gasteiger partial charge is 0.311 e. The van der Waals surface area contributed by atoms with E-state index in [-0.39, 0.29) is 0 Å². The van der Waals surface area contributed by atoms with Gasteiger partial charge < -0.3 is 15.2 Å². The van der Waals surface area contributed by atoms with Gasteiger partial charge in [0.1, 0.15) is 5.75 Å². The standard InChI is InChI=1S/C13H16ClNO3/c1-18-11-4-3-9(14)7-10(11)15-8-13(12(16)17)5-2-6-13/h3-4,7,15H,2,5-6,8H2,1H3,(H,16,17). The maximum absolute atomic E-state index is 11.2. The highest BCUT2D eigenvalue weighted by molar-refractivity contribution is 6.30. The zero-order valence-corrected chi connectivity index (χ0v) is 11.0. The average molecular weight is 270 g/mol. The highest BCUT2D eigenvalue weighted by Crippen LogP contribution is 2.41. The summed E-state index contributed by atoms with van der Waals surface area (Å²) in [5, 5.41) is 13.0. The second kappa shape index (κ2) is 5.06. The normalized spacial score (nSPS) is 16.8. The molecule has 0 atom stereocenters. The van der Waals surface area contributed by atoms with Gasteiger partial charge in [-0.05, 0) is 31.0 Å². The van der Waals surface area contributed by atoms with Gasteiger partial charge in [-0.2, -0.15) is 0 Å². The summed E-state index contributed by atoms with van der Waals surface area (Å²) in [6, 6.07) is 5.25. The molecule has 1 fully saturated rings. The van der Waals surface area contributed by atoms with E-state index in [0.29, 0.717) is 17.3 Å². The van der Waals surface area contributed by atoms with Crippen LogP contribution in [-0.2, 0) is 4.79 Å². The van der Waals surface area contributed by atoms with Gasteiger partial charge in [0, 0.05) is 11.6 Å². The molecule has 1 aromatic carbocycles. The van der Waals surface area contributed by atoms with E-state index in [9.17, 15) is 9.90 Å². The predicted octanol–water partition coefficient (Wildman–Crippen LogP) is 3.02. The van der Waals surface area contributed by atoms with Crippen molar-refractivity contribution in [1.82, 2.24) is 0 Å². The van der Waals surface area contributed by atoms with Crippen molar-refractivity contribution in [1.29, 1.82) is 0 Å². The Hall–Kier alpha value is -1.42. The third kappa shape index (κ3) is 2.38. The molecule has 0 heterocycles. The zero-order chi connectivity index (χ0) is 13.2. The lowest BCUT2D eigenvalue weighted by atomic mass is 9.69. The molecule has 0 bridgehead atoms. The SMILES string of the molecule is COc1ccc(Cl)cc1NCC1(C(=O)O)CCC1. The molecule has 1 aliphatic rings. The Bertz CT molecular complexity index is 458. The quantitative estimate of drug-likeness (QED) is 0.863. The van der Waals surface area contributed by atoms with E-state index in [1.807, 2.05) is 0 Å². The number of methoxy groups -OCH3 is 1. The van der Waals surface area contributed by atoms with E-state index in [0.717, 1.165) is 24.9 Å². The number of anilines is 1. The minimum absolute atomic E-state index is 0.402. The van der Waals surface area contributed by atoms with E-state index < -0.39 is 11.4 Å². The van der Waals surface area contributed by atoms with Crippen molar-refractivity contribution in [3.8, 4) is 5.75 Å². The van der Waals surface area contributed by atoms with E-state index >= 15 is 0 Å². The van der Waals surface area contributed by atoms with Crippen molar-refractivity contribution in [2.24, 2.45) is 5.41 Å². The highest BCUT2D eigenvalue weighted by atomic mass is 35.5. The maximum atomic E-state index is 11.2. The van der Waals surface area contributed by atoms with Crippen LogP contribution in [-0.4, -0.2) is 24.7 Å². The molecule has 0 spiro atoms. The third-order valence-corrected chi connectivity index (χ3v) is 3.78. The number of carbonyl (C=O) groups is 1. The first-order valence-electron chi connectivity index (χ1n) is 5.88.